The van der Waals surface area contributed by atoms with Crippen LogP contribution in [0.15, 0.2) is 18.2 Å². The molecule has 1 aliphatic carbocycles. The molecule has 0 bridgehead atoms. The van der Waals surface area contributed by atoms with Crippen molar-refractivity contribution in [2.45, 2.75) is 38.0 Å². The second-order valence-electron chi connectivity index (χ2n) is 4.60. The molecule has 0 amide bonds. The lowest BCUT2D eigenvalue weighted by Gasteiger charge is -2.09. The van der Waals surface area contributed by atoms with Crippen molar-refractivity contribution in [2.24, 2.45) is 0 Å². The number of aliphatic carboxylic acids is 1. The third-order valence-corrected chi connectivity index (χ3v) is 3.17. The zero-order valence-corrected chi connectivity index (χ0v) is 10.1. The van der Waals surface area contributed by atoms with Crippen LogP contribution in [-0.2, 0) is 11.2 Å². The van der Waals surface area contributed by atoms with Crippen LogP contribution in [0.1, 0.15) is 42.7 Å². The van der Waals surface area contributed by atoms with Crippen LogP contribution >= 0.6 is 0 Å². The topological polar surface area (TPSA) is 46.5 Å². The third-order valence-electron chi connectivity index (χ3n) is 3.17. The normalized spacial score (nSPS) is 14.6. The first-order valence-corrected chi connectivity index (χ1v) is 6.09. The van der Waals surface area contributed by atoms with Crippen molar-refractivity contribution in [2.75, 3.05) is 7.11 Å². The van der Waals surface area contributed by atoms with Gasteiger partial charge in [0.15, 0.2) is 0 Å². The number of carboxylic acids is 1. The van der Waals surface area contributed by atoms with Crippen molar-refractivity contribution in [3.63, 3.8) is 0 Å². The molecule has 1 N–H and O–H groups in total. The molecule has 0 saturated heterocycles. The maximum absolute atomic E-state index is 10.4. The molecule has 92 valence electrons. The van der Waals surface area contributed by atoms with E-state index in [4.69, 9.17) is 9.84 Å². The summed E-state index contributed by atoms with van der Waals surface area (Å²) in [5, 5.41) is 8.59. The second kappa shape index (κ2) is 5.21. The Balaban J connectivity index is 2.00. The van der Waals surface area contributed by atoms with Gasteiger partial charge in [0.25, 0.3) is 0 Å². The highest BCUT2D eigenvalue weighted by molar-refractivity contribution is 5.66. The summed E-state index contributed by atoms with van der Waals surface area (Å²) in [7, 11) is 1.70. The fraction of sp³-hybridized carbons (Fsp3) is 0.500. The van der Waals surface area contributed by atoms with Gasteiger partial charge >= 0.3 is 5.97 Å². The number of carboxylic acid groups (broad SMARTS) is 1. The Bertz CT molecular complexity index is 408. The Morgan fingerprint density at radius 2 is 2.24 bits per heavy atom. The zero-order valence-electron chi connectivity index (χ0n) is 10.1. The number of methoxy groups -OCH3 is 1. The highest BCUT2D eigenvalue weighted by Crippen LogP contribution is 2.44. The molecular weight excluding hydrogens is 216 g/mol. The largest absolute Gasteiger partial charge is 0.496 e. The molecule has 3 nitrogen and oxygen atoms in total. The van der Waals surface area contributed by atoms with Gasteiger partial charge in [0.1, 0.15) is 5.75 Å². The minimum absolute atomic E-state index is 0.229. The molecule has 0 aromatic heterocycles. The van der Waals surface area contributed by atoms with E-state index in [-0.39, 0.29) is 6.42 Å². The van der Waals surface area contributed by atoms with Crippen molar-refractivity contribution < 1.29 is 14.6 Å². The third kappa shape index (κ3) is 3.22. The number of ether oxygens (including phenoxy) is 1. The first-order chi connectivity index (χ1) is 8.20. The van der Waals surface area contributed by atoms with Gasteiger partial charge in [0.2, 0.25) is 0 Å². The van der Waals surface area contributed by atoms with Crippen LogP contribution in [0.4, 0.5) is 0 Å². The van der Waals surface area contributed by atoms with Crippen LogP contribution in [0.5, 0.6) is 5.75 Å². The Morgan fingerprint density at radius 1 is 1.47 bits per heavy atom. The summed E-state index contributed by atoms with van der Waals surface area (Å²) in [5.41, 5.74) is 2.46. The lowest BCUT2D eigenvalue weighted by atomic mass is 10.0. The molecule has 1 fully saturated rings. The van der Waals surface area contributed by atoms with Crippen molar-refractivity contribution in [1.29, 1.82) is 0 Å². The second-order valence-corrected chi connectivity index (χ2v) is 4.60. The molecule has 0 unspecified atom stereocenters. The van der Waals surface area contributed by atoms with Gasteiger partial charge in [-0.3, -0.25) is 4.79 Å². The minimum Gasteiger partial charge on any atom is -0.496 e. The van der Waals surface area contributed by atoms with Gasteiger partial charge in [-0.05, 0) is 48.8 Å². The van der Waals surface area contributed by atoms with E-state index in [1.165, 1.54) is 18.4 Å². The molecule has 0 spiro atoms. The standard InChI is InChI=1S/C14H18O3/c1-17-13-9-10(3-2-4-14(15)16)5-8-12(13)11-6-7-11/h5,8-9,11H,2-4,6-7H2,1H3,(H,15,16). The van der Waals surface area contributed by atoms with E-state index in [9.17, 15) is 4.79 Å². The predicted octanol–water partition coefficient (Wildman–Crippen LogP) is 2.98. The quantitative estimate of drug-likeness (QED) is 0.823. The van der Waals surface area contributed by atoms with Crippen molar-refractivity contribution in [1.82, 2.24) is 0 Å². The summed E-state index contributed by atoms with van der Waals surface area (Å²) < 4.78 is 5.40. The van der Waals surface area contributed by atoms with E-state index in [1.807, 2.05) is 0 Å². The summed E-state index contributed by atoms with van der Waals surface area (Å²) in [6.07, 6.45) is 4.23. The molecule has 17 heavy (non-hydrogen) atoms. The Hall–Kier alpha value is -1.51. The number of aryl methyl sites for hydroxylation is 1. The maximum Gasteiger partial charge on any atom is 0.303 e. The lowest BCUT2D eigenvalue weighted by Crippen LogP contribution is -1.97. The number of carbonyl (C=O) groups is 1. The average molecular weight is 234 g/mol. The molecule has 3 heteroatoms. The van der Waals surface area contributed by atoms with Crippen LogP contribution in [0.25, 0.3) is 0 Å². The number of benzene rings is 1. The summed E-state index contributed by atoms with van der Waals surface area (Å²) in [6.45, 7) is 0. The average Bonchev–Trinajstić information content (AvgIpc) is 3.12. The summed E-state index contributed by atoms with van der Waals surface area (Å²) in [5.74, 6) is 0.907. The van der Waals surface area contributed by atoms with Gasteiger partial charge in [-0.25, -0.2) is 0 Å². The van der Waals surface area contributed by atoms with Gasteiger partial charge in [-0.15, -0.1) is 0 Å². The van der Waals surface area contributed by atoms with E-state index < -0.39 is 5.97 Å². The molecule has 1 saturated carbocycles. The lowest BCUT2D eigenvalue weighted by molar-refractivity contribution is -0.137. The molecule has 1 aliphatic rings. The Labute approximate surface area is 101 Å². The number of hydrogen-bond acceptors (Lipinski definition) is 2. The molecule has 0 atom stereocenters. The van der Waals surface area contributed by atoms with Crippen LogP contribution in [-0.4, -0.2) is 18.2 Å². The molecule has 2 rings (SSSR count). The van der Waals surface area contributed by atoms with E-state index >= 15 is 0 Å². The highest BCUT2D eigenvalue weighted by atomic mass is 16.5. The minimum atomic E-state index is -0.730. The summed E-state index contributed by atoms with van der Waals surface area (Å²) >= 11 is 0. The predicted molar refractivity (Wildman–Crippen MR) is 65.5 cm³/mol. The fourth-order valence-corrected chi connectivity index (χ4v) is 2.09. The molecule has 1 aromatic rings. The van der Waals surface area contributed by atoms with E-state index in [0.29, 0.717) is 12.3 Å². The van der Waals surface area contributed by atoms with Crippen LogP contribution in [0.3, 0.4) is 0 Å². The van der Waals surface area contributed by atoms with Gasteiger partial charge in [0.05, 0.1) is 7.11 Å². The number of hydrogen-bond donors (Lipinski definition) is 1. The molecular formula is C14H18O3. The van der Waals surface area contributed by atoms with Crippen molar-refractivity contribution in [3.05, 3.63) is 29.3 Å². The first-order valence-electron chi connectivity index (χ1n) is 6.09. The van der Waals surface area contributed by atoms with E-state index in [0.717, 1.165) is 17.7 Å². The molecule has 0 radical (unpaired) electrons. The van der Waals surface area contributed by atoms with Crippen LogP contribution < -0.4 is 4.74 Å². The van der Waals surface area contributed by atoms with Gasteiger partial charge in [-0.1, -0.05) is 12.1 Å². The Morgan fingerprint density at radius 3 is 2.82 bits per heavy atom. The maximum atomic E-state index is 10.4. The van der Waals surface area contributed by atoms with Crippen molar-refractivity contribution in [3.8, 4) is 5.75 Å². The monoisotopic (exact) mass is 234 g/mol. The summed E-state index contributed by atoms with van der Waals surface area (Å²) in [6, 6.07) is 6.28. The SMILES string of the molecule is COc1cc(CCCC(=O)O)ccc1C1CC1. The molecule has 0 heterocycles. The van der Waals surface area contributed by atoms with Crippen LogP contribution in [0.2, 0.25) is 0 Å². The number of rotatable bonds is 6. The van der Waals surface area contributed by atoms with Gasteiger partial charge in [0, 0.05) is 6.42 Å². The molecule has 0 aliphatic heterocycles. The molecule has 1 aromatic carbocycles. The van der Waals surface area contributed by atoms with Gasteiger partial charge < -0.3 is 9.84 Å². The Kier molecular flexibility index (Phi) is 3.67. The first kappa shape index (κ1) is 12.0. The van der Waals surface area contributed by atoms with Crippen LogP contribution in [0, 0.1) is 0 Å². The highest BCUT2D eigenvalue weighted by Gasteiger charge is 2.26. The van der Waals surface area contributed by atoms with E-state index in [1.54, 1.807) is 7.11 Å². The zero-order chi connectivity index (χ0) is 12.3. The summed E-state index contributed by atoms with van der Waals surface area (Å²) in [4.78, 5) is 10.4. The smallest absolute Gasteiger partial charge is 0.303 e. The van der Waals surface area contributed by atoms with Crippen molar-refractivity contribution >= 4 is 5.97 Å². The van der Waals surface area contributed by atoms with E-state index in [2.05, 4.69) is 18.2 Å². The van der Waals surface area contributed by atoms with Gasteiger partial charge in [-0.2, -0.15) is 0 Å². The fourth-order valence-electron chi connectivity index (χ4n) is 2.09.